The molecule has 98 valence electrons. The van der Waals surface area contributed by atoms with Gasteiger partial charge in [-0.25, -0.2) is 9.97 Å². The molecule has 0 amide bonds. The maximum Gasteiger partial charge on any atom is 0.169 e. The highest BCUT2D eigenvalue weighted by molar-refractivity contribution is 7.14. The van der Waals surface area contributed by atoms with Crippen molar-refractivity contribution < 1.29 is 4.79 Å². The van der Waals surface area contributed by atoms with Crippen LogP contribution in [0.15, 0.2) is 17.6 Å². The Balaban J connectivity index is 2.06. The minimum absolute atomic E-state index is 0.0250. The number of nitrogens with zero attached hydrogens (tertiary/aromatic N) is 2. The van der Waals surface area contributed by atoms with E-state index in [1.165, 1.54) is 11.3 Å². The van der Waals surface area contributed by atoms with Crippen LogP contribution < -0.4 is 0 Å². The average Bonchev–Trinajstić information content (AvgIpc) is 2.73. The van der Waals surface area contributed by atoms with Crippen molar-refractivity contribution in [3.8, 4) is 10.7 Å². The summed E-state index contributed by atoms with van der Waals surface area (Å²) in [7, 11) is 0. The van der Waals surface area contributed by atoms with Crippen LogP contribution in [0.3, 0.4) is 0 Å². The van der Waals surface area contributed by atoms with Gasteiger partial charge in [0.2, 0.25) is 0 Å². The first-order chi connectivity index (χ1) is 8.94. The Kier molecular flexibility index (Phi) is 2.95. The second kappa shape index (κ2) is 4.39. The molecular formula is C14H13ClN2OS. The maximum absolute atomic E-state index is 12.1. The van der Waals surface area contributed by atoms with Crippen molar-refractivity contribution in [3.05, 3.63) is 33.9 Å². The number of thiophene rings is 1. The van der Waals surface area contributed by atoms with E-state index in [-0.39, 0.29) is 11.2 Å². The Bertz CT molecular complexity index is 663. The predicted molar refractivity (Wildman–Crippen MR) is 76.8 cm³/mol. The summed E-state index contributed by atoms with van der Waals surface area (Å²) in [4.78, 5) is 21.8. The first-order valence-corrected chi connectivity index (χ1v) is 7.34. The van der Waals surface area contributed by atoms with Crippen molar-refractivity contribution in [1.82, 2.24) is 9.97 Å². The molecule has 0 fully saturated rings. The largest absolute Gasteiger partial charge is 0.294 e. The van der Waals surface area contributed by atoms with Gasteiger partial charge in [-0.15, -0.1) is 11.3 Å². The monoisotopic (exact) mass is 292 g/mol. The molecule has 0 aromatic carbocycles. The Labute approximate surface area is 120 Å². The lowest BCUT2D eigenvalue weighted by molar-refractivity contribution is 0.0910. The van der Waals surface area contributed by atoms with E-state index in [0.29, 0.717) is 22.8 Å². The highest BCUT2D eigenvalue weighted by atomic mass is 35.5. The van der Waals surface area contributed by atoms with E-state index in [1.807, 2.05) is 11.4 Å². The number of carbonyl (C=O) groups excluding carboxylic acids is 1. The minimum atomic E-state index is -0.0250. The number of hydrogen-bond acceptors (Lipinski definition) is 4. The van der Waals surface area contributed by atoms with Gasteiger partial charge < -0.3 is 0 Å². The molecule has 0 N–H and O–H groups in total. The fraction of sp³-hybridized carbons (Fsp3) is 0.357. The molecule has 3 nitrogen and oxygen atoms in total. The fourth-order valence-electron chi connectivity index (χ4n) is 2.38. The molecule has 19 heavy (non-hydrogen) atoms. The van der Waals surface area contributed by atoms with Crippen molar-refractivity contribution in [3.63, 3.8) is 0 Å². The zero-order valence-corrected chi connectivity index (χ0v) is 12.3. The van der Waals surface area contributed by atoms with Gasteiger partial charge in [-0.2, -0.15) is 0 Å². The number of aromatic nitrogens is 2. The maximum atomic E-state index is 12.1. The van der Waals surface area contributed by atoms with Gasteiger partial charge in [0, 0.05) is 18.0 Å². The molecule has 3 rings (SSSR count). The van der Waals surface area contributed by atoms with Crippen LogP contribution in [-0.2, 0) is 6.42 Å². The van der Waals surface area contributed by atoms with E-state index in [4.69, 9.17) is 11.6 Å². The normalized spacial score (nSPS) is 17.3. The molecule has 5 heteroatoms. The lowest BCUT2D eigenvalue weighted by atomic mass is 9.76. The van der Waals surface area contributed by atoms with Gasteiger partial charge in [-0.05, 0) is 17.9 Å². The van der Waals surface area contributed by atoms with Crippen LogP contribution in [0.1, 0.15) is 36.3 Å². The van der Waals surface area contributed by atoms with Gasteiger partial charge in [0.1, 0.15) is 0 Å². The summed E-state index contributed by atoms with van der Waals surface area (Å²) in [5, 5.41) is 2.55. The molecule has 2 heterocycles. The molecule has 0 radical (unpaired) electrons. The molecule has 0 saturated heterocycles. The molecule has 0 unspecified atom stereocenters. The zero-order chi connectivity index (χ0) is 13.6. The van der Waals surface area contributed by atoms with Crippen molar-refractivity contribution >= 4 is 28.7 Å². The number of fused-ring (bicyclic) bond motifs is 1. The summed E-state index contributed by atoms with van der Waals surface area (Å²) in [5.41, 5.74) is 1.50. The molecule has 0 spiro atoms. The number of rotatable bonds is 1. The van der Waals surface area contributed by atoms with Crippen LogP contribution in [0.25, 0.3) is 10.7 Å². The Morgan fingerprint density at radius 2 is 2.16 bits per heavy atom. The van der Waals surface area contributed by atoms with Crippen molar-refractivity contribution in [2.75, 3.05) is 0 Å². The predicted octanol–water partition coefficient (Wildman–Crippen LogP) is 4.01. The number of Topliss-reactive ketones (excluding diaryl/α,β-unsaturated/α-hetero) is 1. The third-order valence-corrected chi connectivity index (χ3v) is 4.51. The van der Waals surface area contributed by atoms with E-state index in [1.54, 1.807) is 6.20 Å². The number of hydrogen-bond donors (Lipinski definition) is 0. The van der Waals surface area contributed by atoms with E-state index in [0.717, 1.165) is 17.0 Å². The molecule has 2 aromatic heterocycles. The smallest absolute Gasteiger partial charge is 0.169 e. The first kappa shape index (κ1) is 12.8. The minimum Gasteiger partial charge on any atom is -0.294 e. The van der Waals surface area contributed by atoms with Crippen molar-refractivity contribution in [1.29, 1.82) is 0 Å². The van der Waals surface area contributed by atoms with E-state index in [2.05, 4.69) is 23.8 Å². The summed E-state index contributed by atoms with van der Waals surface area (Å²) < 4.78 is 0. The third-order valence-electron chi connectivity index (χ3n) is 3.24. The topological polar surface area (TPSA) is 42.9 Å². The first-order valence-electron chi connectivity index (χ1n) is 6.08. The van der Waals surface area contributed by atoms with Crippen LogP contribution in [-0.4, -0.2) is 15.8 Å². The second-order valence-electron chi connectivity index (χ2n) is 5.62. The van der Waals surface area contributed by atoms with Gasteiger partial charge in [0.15, 0.2) is 11.6 Å². The van der Waals surface area contributed by atoms with Crippen LogP contribution >= 0.6 is 22.9 Å². The lowest BCUT2D eigenvalue weighted by Crippen LogP contribution is -2.28. The summed E-state index contributed by atoms with van der Waals surface area (Å²) in [6.07, 6.45) is 3.03. The van der Waals surface area contributed by atoms with Gasteiger partial charge in [0.25, 0.3) is 0 Å². The van der Waals surface area contributed by atoms with Crippen molar-refractivity contribution in [2.45, 2.75) is 26.7 Å². The highest BCUT2D eigenvalue weighted by Crippen LogP contribution is 2.35. The zero-order valence-electron chi connectivity index (χ0n) is 10.7. The Morgan fingerprint density at radius 1 is 1.37 bits per heavy atom. The third kappa shape index (κ3) is 2.42. The van der Waals surface area contributed by atoms with Crippen LogP contribution in [0, 0.1) is 5.41 Å². The Hall–Kier alpha value is -1.26. The molecule has 0 aliphatic heterocycles. The second-order valence-corrected chi connectivity index (χ2v) is 6.97. The molecule has 1 aliphatic rings. The lowest BCUT2D eigenvalue weighted by Gasteiger charge is -2.29. The van der Waals surface area contributed by atoms with E-state index in [9.17, 15) is 4.79 Å². The summed E-state index contributed by atoms with van der Waals surface area (Å²) in [6, 6.07) is 1.85. The summed E-state index contributed by atoms with van der Waals surface area (Å²) >= 11 is 7.44. The number of ketones is 1. The number of carbonyl (C=O) groups is 1. The summed E-state index contributed by atoms with van der Waals surface area (Å²) in [6.45, 7) is 4.19. The summed E-state index contributed by atoms with van der Waals surface area (Å²) in [5.74, 6) is 0.795. The van der Waals surface area contributed by atoms with E-state index >= 15 is 0 Å². The molecule has 0 saturated carbocycles. The van der Waals surface area contributed by atoms with Gasteiger partial charge >= 0.3 is 0 Å². The van der Waals surface area contributed by atoms with Crippen LogP contribution in [0.4, 0.5) is 0 Å². The molecule has 0 bridgehead atoms. The van der Waals surface area contributed by atoms with Crippen LogP contribution in [0.5, 0.6) is 0 Å². The van der Waals surface area contributed by atoms with E-state index < -0.39 is 0 Å². The molecule has 1 aliphatic carbocycles. The SMILES string of the molecule is CC1(C)CC(=O)c2cnc(-c3cc(Cl)cs3)nc2C1. The van der Waals surface area contributed by atoms with Gasteiger partial charge in [-0.3, -0.25) is 4.79 Å². The molecular weight excluding hydrogens is 280 g/mol. The highest BCUT2D eigenvalue weighted by Gasteiger charge is 2.32. The van der Waals surface area contributed by atoms with Gasteiger partial charge in [0.05, 0.1) is 21.2 Å². The molecule has 0 atom stereocenters. The average molecular weight is 293 g/mol. The fourth-order valence-corrected chi connectivity index (χ4v) is 3.39. The van der Waals surface area contributed by atoms with Gasteiger partial charge in [-0.1, -0.05) is 25.4 Å². The Morgan fingerprint density at radius 3 is 2.84 bits per heavy atom. The number of halogens is 1. The molecule has 2 aromatic rings. The van der Waals surface area contributed by atoms with Crippen molar-refractivity contribution in [2.24, 2.45) is 5.41 Å². The standard InChI is InChI=1S/C14H13ClN2OS/c1-14(2)4-10-9(11(18)5-14)6-16-13(17-10)12-3-8(15)7-19-12/h3,6-7H,4-5H2,1-2H3. The van der Waals surface area contributed by atoms with Crippen LogP contribution in [0.2, 0.25) is 5.02 Å². The quantitative estimate of drug-likeness (QED) is 0.797.